The number of ether oxygens (including phenoxy) is 2. The van der Waals surface area contributed by atoms with E-state index in [0.717, 1.165) is 41.7 Å². The van der Waals surface area contributed by atoms with Crippen LogP contribution in [0.2, 0.25) is 0 Å². The predicted octanol–water partition coefficient (Wildman–Crippen LogP) is 5.83. The number of rotatable bonds is 8. The zero-order chi connectivity index (χ0) is 25.2. The van der Waals surface area contributed by atoms with Gasteiger partial charge >= 0.3 is 5.97 Å². The summed E-state index contributed by atoms with van der Waals surface area (Å²) in [6, 6.07) is 24.4. The topological polar surface area (TPSA) is 79.4 Å². The number of fused-ring (bicyclic) bond motifs is 2. The van der Waals surface area contributed by atoms with Crippen molar-refractivity contribution < 1.29 is 18.8 Å². The second-order valence-electron chi connectivity index (χ2n) is 9.32. The molecule has 3 aromatic carbocycles. The van der Waals surface area contributed by atoms with Crippen LogP contribution in [0.3, 0.4) is 0 Å². The van der Waals surface area contributed by atoms with Crippen molar-refractivity contribution in [2.24, 2.45) is 0 Å². The van der Waals surface area contributed by atoms with Gasteiger partial charge in [0.1, 0.15) is 18.1 Å². The first kappa shape index (κ1) is 23.0. The summed E-state index contributed by atoms with van der Waals surface area (Å²) in [6.07, 6.45) is 5.53. The number of para-hydroxylation sites is 2. The Kier molecular flexibility index (Phi) is 6.18. The lowest BCUT2D eigenvalue weighted by Crippen LogP contribution is -2.10. The van der Waals surface area contributed by atoms with Gasteiger partial charge in [-0.2, -0.15) is 0 Å². The summed E-state index contributed by atoms with van der Waals surface area (Å²) in [5, 5.41) is 4.04. The number of methoxy groups -OCH3 is 1. The van der Waals surface area contributed by atoms with Gasteiger partial charge in [-0.3, -0.25) is 4.79 Å². The van der Waals surface area contributed by atoms with Gasteiger partial charge in [-0.05, 0) is 59.4 Å². The molecule has 186 valence electrons. The number of hydrogen-bond donors (Lipinski definition) is 0. The lowest BCUT2D eigenvalue weighted by molar-refractivity contribution is -0.140. The second-order valence-corrected chi connectivity index (χ2v) is 9.32. The number of carbonyl (C=O) groups excluding carboxylic acids is 1. The summed E-state index contributed by atoms with van der Waals surface area (Å²) in [5.41, 5.74) is 7.72. The van der Waals surface area contributed by atoms with E-state index in [0.29, 0.717) is 5.69 Å². The summed E-state index contributed by atoms with van der Waals surface area (Å²) in [5.74, 6) is 0.259. The fourth-order valence-corrected chi connectivity index (χ4v) is 5.27. The molecule has 37 heavy (non-hydrogen) atoms. The van der Waals surface area contributed by atoms with Gasteiger partial charge in [-0.15, -0.1) is 0 Å². The maximum atomic E-state index is 12.0. The number of aromatic nitrogens is 3. The zero-order valence-electron chi connectivity index (χ0n) is 20.5. The molecule has 0 spiro atoms. The molecule has 2 aromatic heterocycles. The SMILES string of the molecule is COC(=O)C[C@@H](c1ccc(O[C@@H]2CCc3c(Cn4cnc5ccccc54)cccc32)cc1)c1ccon1. The summed E-state index contributed by atoms with van der Waals surface area (Å²) < 4.78 is 18.5. The van der Waals surface area contributed by atoms with Crippen molar-refractivity contribution in [3.63, 3.8) is 0 Å². The number of nitrogens with zero attached hydrogens (tertiary/aromatic N) is 3. The van der Waals surface area contributed by atoms with Crippen molar-refractivity contribution in [1.29, 1.82) is 0 Å². The predicted molar refractivity (Wildman–Crippen MR) is 138 cm³/mol. The highest BCUT2D eigenvalue weighted by atomic mass is 16.5. The number of hydrogen-bond acceptors (Lipinski definition) is 6. The Morgan fingerprint density at radius 3 is 2.76 bits per heavy atom. The molecular formula is C30H27N3O4. The Balaban J connectivity index is 1.20. The van der Waals surface area contributed by atoms with E-state index in [2.05, 4.69) is 45.0 Å². The minimum Gasteiger partial charge on any atom is -0.486 e. The Hall–Kier alpha value is -4.39. The third kappa shape index (κ3) is 4.60. The monoisotopic (exact) mass is 493 g/mol. The van der Waals surface area contributed by atoms with E-state index < -0.39 is 0 Å². The molecule has 5 aromatic rings. The van der Waals surface area contributed by atoms with Crippen molar-refractivity contribution in [3.05, 3.63) is 113 Å². The van der Waals surface area contributed by atoms with Gasteiger partial charge in [0, 0.05) is 18.5 Å². The highest BCUT2D eigenvalue weighted by Gasteiger charge is 2.27. The average Bonchev–Trinajstić information content (AvgIpc) is 3.69. The van der Waals surface area contributed by atoms with Crippen LogP contribution in [0.25, 0.3) is 11.0 Å². The highest BCUT2D eigenvalue weighted by Crippen LogP contribution is 2.38. The number of carbonyl (C=O) groups is 1. The molecule has 1 aliphatic rings. The Labute approximate surface area is 214 Å². The summed E-state index contributed by atoms with van der Waals surface area (Å²) in [7, 11) is 1.39. The number of esters is 1. The minimum atomic E-state index is -0.296. The molecule has 2 heterocycles. The lowest BCUT2D eigenvalue weighted by Gasteiger charge is -2.18. The van der Waals surface area contributed by atoms with Crippen LogP contribution in [-0.4, -0.2) is 27.8 Å². The van der Waals surface area contributed by atoms with Crippen molar-refractivity contribution in [1.82, 2.24) is 14.7 Å². The molecule has 7 nitrogen and oxygen atoms in total. The van der Waals surface area contributed by atoms with Crippen LogP contribution in [-0.2, 0) is 22.5 Å². The molecular weight excluding hydrogens is 466 g/mol. The van der Waals surface area contributed by atoms with Crippen LogP contribution in [0.15, 0.2) is 89.9 Å². The first-order valence-electron chi connectivity index (χ1n) is 12.4. The minimum absolute atomic E-state index is 0.00161. The first-order chi connectivity index (χ1) is 18.2. The van der Waals surface area contributed by atoms with Gasteiger partial charge in [-0.25, -0.2) is 4.98 Å². The molecule has 1 aliphatic carbocycles. The summed E-state index contributed by atoms with van der Waals surface area (Å²) in [6.45, 7) is 0.786. The van der Waals surface area contributed by atoms with Crippen LogP contribution < -0.4 is 4.74 Å². The van der Waals surface area contributed by atoms with E-state index >= 15 is 0 Å². The third-order valence-electron chi connectivity index (χ3n) is 7.15. The highest BCUT2D eigenvalue weighted by molar-refractivity contribution is 5.75. The van der Waals surface area contributed by atoms with Crippen LogP contribution in [0.5, 0.6) is 5.75 Å². The van der Waals surface area contributed by atoms with Crippen LogP contribution in [0.4, 0.5) is 0 Å². The van der Waals surface area contributed by atoms with Gasteiger partial charge in [0.2, 0.25) is 0 Å². The lowest BCUT2D eigenvalue weighted by atomic mass is 9.92. The van der Waals surface area contributed by atoms with E-state index in [1.807, 2.05) is 42.7 Å². The summed E-state index contributed by atoms with van der Waals surface area (Å²) >= 11 is 0. The number of imidazole rings is 1. The maximum Gasteiger partial charge on any atom is 0.306 e. The smallest absolute Gasteiger partial charge is 0.306 e. The van der Waals surface area contributed by atoms with E-state index in [-0.39, 0.29) is 24.4 Å². The van der Waals surface area contributed by atoms with Crippen molar-refractivity contribution in [2.75, 3.05) is 7.11 Å². The zero-order valence-corrected chi connectivity index (χ0v) is 20.5. The van der Waals surface area contributed by atoms with Gasteiger partial charge in [0.25, 0.3) is 0 Å². The van der Waals surface area contributed by atoms with Crippen LogP contribution in [0, 0.1) is 0 Å². The van der Waals surface area contributed by atoms with E-state index in [9.17, 15) is 4.79 Å². The molecule has 0 radical (unpaired) electrons. The van der Waals surface area contributed by atoms with Gasteiger partial charge in [0.05, 0.1) is 36.6 Å². The fourth-order valence-electron chi connectivity index (χ4n) is 5.27. The molecule has 0 amide bonds. The first-order valence-corrected chi connectivity index (χ1v) is 12.4. The Morgan fingerprint density at radius 2 is 1.95 bits per heavy atom. The molecule has 2 atom stereocenters. The molecule has 0 saturated heterocycles. The molecule has 0 N–H and O–H groups in total. The Morgan fingerprint density at radius 1 is 1.08 bits per heavy atom. The van der Waals surface area contributed by atoms with E-state index in [1.54, 1.807) is 6.07 Å². The quantitative estimate of drug-likeness (QED) is 0.253. The van der Waals surface area contributed by atoms with Crippen molar-refractivity contribution in [3.8, 4) is 5.75 Å². The molecule has 0 aliphatic heterocycles. The number of benzene rings is 3. The average molecular weight is 494 g/mol. The molecule has 0 bridgehead atoms. The van der Waals surface area contributed by atoms with Crippen LogP contribution >= 0.6 is 0 Å². The third-order valence-corrected chi connectivity index (χ3v) is 7.15. The van der Waals surface area contributed by atoms with Crippen molar-refractivity contribution >= 4 is 17.0 Å². The molecule has 0 saturated carbocycles. The van der Waals surface area contributed by atoms with E-state index in [4.69, 9.17) is 14.0 Å². The second kappa shape index (κ2) is 9.93. The summed E-state index contributed by atoms with van der Waals surface area (Å²) in [4.78, 5) is 16.5. The normalized spacial score (nSPS) is 15.4. The van der Waals surface area contributed by atoms with Crippen molar-refractivity contribution in [2.45, 2.75) is 37.8 Å². The van der Waals surface area contributed by atoms with Crippen LogP contribution in [0.1, 0.15) is 52.8 Å². The van der Waals surface area contributed by atoms with E-state index in [1.165, 1.54) is 30.1 Å². The standard InChI is InChI=1S/C30H27N3O4/c1-35-30(34)17-25(26-15-16-36-32-26)20-9-11-22(12-10-20)37-29-14-13-23-21(5-4-6-24(23)29)18-33-19-31-27-7-2-3-8-28(27)33/h2-12,15-16,19,25,29H,13-14,17-18H2,1H3/t25-,29+/m0/s1. The van der Waals surface area contributed by atoms with Gasteiger partial charge in [-0.1, -0.05) is 47.6 Å². The maximum absolute atomic E-state index is 12.0. The Bertz CT molecular complexity index is 1520. The molecule has 0 unspecified atom stereocenters. The molecule has 7 heteroatoms. The van der Waals surface area contributed by atoms with Gasteiger partial charge < -0.3 is 18.6 Å². The fraction of sp³-hybridized carbons (Fsp3) is 0.233. The molecule has 0 fully saturated rings. The largest absolute Gasteiger partial charge is 0.486 e. The van der Waals surface area contributed by atoms with Gasteiger partial charge in [0.15, 0.2) is 0 Å². The molecule has 6 rings (SSSR count).